The Morgan fingerprint density at radius 2 is 1.58 bits per heavy atom. The van der Waals surface area contributed by atoms with E-state index in [0.717, 1.165) is 44.8 Å². The van der Waals surface area contributed by atoms with Crippen LogP contribution in [0.2, 0.25) is 0 Å². The number of carbonyl (C=O) groups is 2. The maximum Gasteiger partial charge on any atom is 1.00 e. The molecule has 0 saturated heterocycles. The molecule has 0 aromatic heterocycles. The summed E-state index contributed by atoms with van der Waals surface area (Å²) in [4.78, 5) is 27.5. The smallest absolute Gasteiger partial charge is 0.548 e. The van der Waals surface area contributed by atoms with Crippen LogP contribution in [0.4, 0.5) is 5.69 Å². The summed E-state index contributed by atoms with van der Waals surface area (Å²) >= 11 is 1.53. The number of para-hydroxylation sites is 1. The standard InChI is InChI=1S/C35H38N2O4S.Li/c1-24-18-27(20-29(19-24)41-3)23-37(28-11-6-5-7-12-28)22-26-14-15-31(32(21-26)30-13-9-8-10-25(30)2)34(38)36-33(35(39)40)16-17-42-4;/h5-15,18-21,33H,16-17,22-23H2,1-4H3,(H,36,38)(H,39,40);/q;+1/p-1/t33-;/m0./s1. The van der Waals surface area contributed by atoms with Gasteiger partial charge in [-0.25, -0.2) is 0 Å². The van der Waals surface area contributed by atoms with Gasteiger partial charge in [-0.05, 0) is 102 Å². The zero-order chi connectivity index (χ0) is 30.1. The van der Waals surface area contributed by atoms with Crippen molar-refractivity contribution in [3.05, 3.63) is 119 Å². The minimum absolute atomic E-state index is 0. The Morgan fingerprint density at radius 3 is 2.26 bits per heavy atom. The number of hydrogen-bond acceptors (Lipinski definition) is 6. The molecular weight excluding hydrogens is 551 g/mol. The number of rotatable bonds is 13. The molecule has 0 unspecified atom stereocenters. The topological polar surface area (TPSA) is 81.7 Å². The molecule has 1 amide bonds. The number of benzene rings is 4. The zero-order valence-electron chi connectivity index (χ0n) is 25.6. The number of amides is 1. The Balaban J connectivity index is 0.00000506. The molecule has 4 rings (SSSR count). The Morgan fingerprint density at radius 1 is 0.884 bits per heavy atom. The summed E-state index contributed by atoms with van der Waals surface area (Å²) in [6.45, 7) is 5.32. The summed E-state index contributed by atoms with van der Waals surface area (Å²) in [5, 5.41) is 14.4. The number of carbonyl (C=O) groups excluding carboxylic acids is 2. The summed E-state index contributed by atoms with van der Waals surface area (Å²) in [5.41, 5.74) is 7.48. The normalized spacial score (nSPS) is 11.3. The largest absolute Gasteiger partial charge is 1.00 e. The van der Waals surface area contributed by atoms with Crippen LogP contribution in [-0.4, -0.2) is 37.0 Å². The number of methoxy groups -OCH3 is 1. The van der Waals surface area contributed by atoms with Crippen molar-refractivity contribution in [3.63, 3.8) is 0 Å². The van der Waals surface area contributed by atoms with Crippen LogP contribution in [0.1, 0.15) is 39.0 Å². The van der Waals surface area contributed by atoms with Crippen molar-refractivity contribution in [3.8, 4) is 16.9 Å². The Labute approximate surface area is 271 Å². The van der Waals surface area contributed by atoms with Crippen LogP contribution in [-0.2, 0) is 17.9 Å². The molecule has 6 nitrogen and oxygen atoms in total. The van der Waals surface area contributed by atoms with Gasteiger partial charge in [0.2, 0.25) is 0 Å². The van der Waals surface area contributed by atoms with Gasteiger partial charge in [0.15, 0.2) is 0 Å². The molecule has 0 aliphatic heterocycles. The molecule has 43 heavy (non-hydrogen) atoms. The van der Waals surface area contributed by atoms with Gasteiger partial charge < -0.3 is 24.9 Å². The molecule has 1 N–H and O–H groups in total. The number of nitrogens with zero attached hydrogens (tertiary/aromatic N) is 1. The van der Waals surface area contributed by atoms with Gasteiger partial charge in [-0.1, -0.05) is 54.6 Å². The van der Waals surface area contributed by atoms with Crippen molar-refractivity contribution in [2.75, 3.05) is 24.0 Å². The quantitative estimate of drug-likeness (QED) is 0.242. The molecule has 4 aromatic carbocycles. The number of carboxylic acid groups (broad SMARTS) is 1. The van der Waals surface area contributed by atoms with Gasteiger partial charge in [0.05, 0.1) is 19.1 Å². The average molecular weight is 589 g/mol. The molecule has 0 radical (unpaired) electrons. The molecule has 0 heterocycles. The first-order valence-electron chi connectivity index (χ1n) is 13.9. The fraction of sp³-hybridized carbons (Fsp3) is 0.257. The van der Waals surface area contributed by atoms with E-state index in [2.05, 4.69) is 41.4 Å². The number of aryl methyl sites for hydroxylation is 2. The van der Waals surface area contributed by atoms with Crippen LogP contribution in [0.25, 0.3) is 11.1 Å². The number of nitrogens with one attached hydrogen (secondary N) is 1. The number of carboxylic acids is 1. The van der Waals surface area contributed by atoms with Crippen LogP contribution in [0.5, 0.6) is 5.75 Å². The van der Waals surface area contributed by atoms with Crippen molar-refractivity contribution in [1.29, 1.82) is 0 Å². The number of thioether (sulfide) groups is 1. The molecule has 1 atom stereocenters. The maximum absolute atomic E-state index is 13.5. The minimum Gasteiger partial charge on any atom is -0.548 e. The van der Waals surface area contributed by atoms with E-state index in [-0.39, 0.29) is 18.9 Å². The van der Waals surface area contributed by atoms with Crippen LogP contribution < -0.4 is 38.9 Å². The van der Waals surface area contributed by atoms with Gasteiger partial charge in [0.1, 0.15) is 5.75 Å². The third kappa shape index (κ3) is 9.18. The fourth-order valence-electron chi connectivity index (χ4n) is 5.06. The predicted octanol–water partition coefficient (Wildman–Crippen LogP) is 2.79. The van der Waals surface area contributed by atoms with Gasteiger partial charge in [-0.3, -0.25) is 4.79 Å². The third-order valence-electron chi connectivity index (χ3n) is 7.18. The monoisotopic (exact) mass is 588 g/mol. The van der Waals surface area contributed by atoms with Gasteiger partial charge in [-0.2, -0.15) is 11.8 Å². The van der Waals surface area contributed by atoms with Gasteiger partial charge in [0, 0.05) is 24.3 Å². The number of ether oxygens (including phenoxy) is 1. The first kappa shape index (κ1) is 33.9. The van der Waals surface area contributed by atoms with E-state index in [9.17, 15) is 14.7 Å². The second-order valence-electron chi connectivity index (χ2n) is 10.4. The second-order valence-corrected chi connectivity index (χ2v) is 11.4. The first-order valence-corrected chi connectivity index (χ1v) is 15.3. The van der Waals surface area contributed by atoms with Crippen LogP contribution in [0, 0.1) is 13.8 Å². The zero-order valence-corrected chi connectivity index (χ0v) is 26.4. The van der Waals surface area contributed by atoms with Crippen molar-refractivity contribution in [2.24, 2.45) is 0 Å². The first-order chi connectivity index (χ1) is 20.3. The minimum atomic E-state index is -1.28. The van der Waals surface area contributed by atoms with E-state index in [1.807, 2.05) is 73.8 Å². The van der Waals surface area contributed by atoms with E-state index in [1.165, 1.54) is 11.8 Å². The Kier molecular flexibility index (Phi) is 12.8. The van der Waals surface area contributed by atoms with Crippen LogP contribution in [0.3, 0.4) is 0 Å². The molecule has 0 spiro atoms. The van der Waals surface area contributed by atoms with E-state index in [1.54, 1.807) is 13.2 Å². The predicted molar refractivity (Wildman–Crippen MR) is 170 cm³/mol. The third-order valence-corrected chi connectivity index (χ3v) is 7.82. The van der Waals surface area contributed by atoms with Crippen molar-refractivity contribution in [1.82, 2.24) is 5.32 Å². The van der Waals surface area contributed by atoms with Gasteiger partial charge in [-0.15, -0.1) is 0 Å². The van der Waals surface area contributed by atoms with E-state index >= 15 is 0 Å². The van der Waals surface area contributed by atoms with Crippen molar-refractivity contribution >= 4 is 29.3 Å². The molecule has 0 bridgehead atoms. The SMILES string of the molecule is COc1cc(C)cc(CN(Cc2ccc(C(=O)N[C@@H](CCSC)C(=O)[O-])c(-c3ccccc3C)c2)c2ccccc2)c1.[Li+]. The van der Waals surface area contributed by atoms with Crippen molar-refractivity contribution in [2.45, 2.75) is 39.4 Å². The number of aliphatic carboxylic acids is 1. The summed E-state index contributed by atoms with van der Waals surface area (Å²) in [5.74, 6) is -0.285. The Bertz CT molecular complexity index is 1530. The van der Waals surface area contributed by atoms with Crippen LogP contribution in [0.15, 0.2) is 91.0 Å². The van der Waals surface area contributed by atoms with E-state index < -0.39 is 17.9 Å². The summed E-state index contributed by atoms with van der Waals surface area (Å²) < 4.78 is 5.52. The second kappa shape index (κ2) is 16.3. The molecule has 0 fully saturated rings. The molecular formula is C35H37LiN2O4S. The summed E-state index contributed by atoms with van der Waals surface area (Å²) in [7, 11) is 1.68. The van der Waals surface area contributed by atoms with E-state index in [4.69, 9.17) is 4.74 Å². The molecule has 0 aliphatic rings. The molecule has 8 heteroatoms. The Hall–Kier alpha value is -3.63. The summed E-state index contributed by atoms with van der Waals surface area (Å²) in [6.07, 6.45) is 2.19. The fourth-order valence-corrected chi connectivity index (χ4v) is 5.53. The summed E-state index contributed by atoms with van der Waals surface area (Å²) in [6, 6.07) is 29.1. The van der Waals surface area contributed by atoms with Gasteiger partial charge in [0.25, 0.3) is 5.91 Å². The van der Waals surface area contributed by atoms with Crippen molar-refractivity contribution < 1.29 is 38.3 Å². The molecule has 0 aliphatic carbocycles. The number of anilines is 1. The maximum atomic E-state index is 13.5. The number of hydrogen-bond donors (Lipinski definition) is 1. The molecule has 0 saturated carbocycles. The van der Waals surface area contributed by atoms with Gasteiger partial charge >= 0.3 is 18.9 Å². The van der Waals surface area contributed by atoms with Crippen LogP contribution >= 0.6 is 11.8 Å². The molecule has 218 valence electrons. The average Bonchev–Trinajstić information content (AvgIpc) is 2.99. The van der Waals surface area contributed by atoms with E-state index in [0.29, 0.717) is 30.8 Å². The molecule has 4 aromatic rings.